The van der Waals surface area contributed by atoms with E-state index in [2.05, 4.69) is 5.32 Å². The van der Waals surface area contributed by atoms with Crippen molar-refractivity contribution in [1.29, 1.82) is 0 Å². The van der Waals surface area contributed by atoms with E-state index in [-0.39, 0.29) is 36.0 Å². The molecule has 3 rings (SSSR count). The Morgan fingerprint density at radius 3 is 2.36 bits per heavy atom. The lowest BCUT2D eigenvalue weighted by molar-refractivity contribution is -0.150. The molecule has 1 unspecified atom stereocenters. The molecule has 1 aromatic rings. The van der Waals surface area contributed by atoms with Gasteiger partial charge < -0.3 is 10.1 Å². The predicted octanol–water partition coefficient (Wildman–Crippen LogP) is 1.55. The van der Waals surface area contributed by atoms with E-state index in [9.17, 15) is 19.2 Å². The molecule has 0 bridgehead atoms. The van der Waals surface area contributed by atoms with Gasteiger partial charge in [0.15, 0.2) is 0 Å². The smallest absolute Gasteiger partial charge is 0.309 e. The van der Waals surface area contributed by atoms with Crippen LogP contribution >= 0.6 is 0 Å². The summed E-state index contributed by atoms with van der Waals surface area (Å²) in [6.45, 7) is 4.74. The number of carbonyl (C=O) groups excluding carboxylic acids is 4. The molecule has 1 aromatic carbocycles. The second-order valence-electron chi connectivity index (χ2n) is 7.08. The lowest BCUT2D eigenvalue weighted by atomic mass is 9.95. The van der Waals surface area contributed by atoms with E-state index in [1.54, 1.807) is 31.2 Å². The minimum absolute atomic E-state index is 0.135. The molecule has 150 valence electrons. The van der Waals surface area contributed by atoms with Gasteiger partial charge in [0.05, 0.1) is 30.7 Å². The number of ether oxygens (including phenoxy) is 1. The van der Waals surface area contributed by atoms with Gasteiger partial charge in [0.25, 0.3) is 5.91 Å². The van der Waals surface area contributed by atoms with Crippen LogP contribution in [0.3, 0.4) is 0 Å². The van der Waals surface area contributed by atoms with Crippen LogP contribution in [0.15, 0.2) is 24.3 Å². The predicted molar refractivity (Wildman–Crippen MR) is 103 cm³/mol. The molecule has 0 aromatic heterocycles. The molecule has 8 nitrogen and oxygen atoms in total. The van der Waals surface area contributed by atoms with E-state index in [1.807, 2.05) is 4.90 Å². The SMILES string of the molecule is CCOC(=O)C1CCN(C2CC(=O)N(c3ccc(NC(C)=O)cc3)C2=O)CC1. The van der Waals surface area contributed by atoms with Crippen molar-refractivity contribution in [1.82, 2.24) is 4.90 Å². The zero-order chi connectivity index (χ0) is 20.3. The van der Waals surface area contributed by atoms with Crippen LogP contribution in [0, 0.1) is 5.92 Å². The van der Waals surface area contributed by atoms with Gasteiger partial charge >= 0.3 is 5.97 Å². The van der Waals surface area contributed by atoms with Gasteiger partial charge in [0.1, 0.15) is 0 Å². The van der Waals surface area contributed by atoms with Crippen LogP contribution < -0.4 is 10.2 Å². The first-order chi connectivity index (χ1) is 13.4. The van der Waals surface area contributed by atoms with Gasteiger partial charge in [0, 0.05) is 12.6 Å². The maximum absolute atomic E-state index is 12.9. The van der Waals surface area contributed by atoms with Gasteiger partial charge in [-0.2, -0.15) is 0 Å². The van der Waals surface area contributed by atoms with Crippen molar-refractivity contribution in [2.45, 2.75) is 39.2 Å². The first kappa shape index (κ1) is 20.0. The Hall–Kier alpha value is -2.74. The average molecular weight is 387 g/mol. The number of carbonyl (C=O) groups is 4. The maximum atomic E-state index is 12.9. The topological polar surface area (TPSA) is 96.0 Å². The summed E-state index contributed by atoms with van der Waals surface area (Å²) in [6.07, 6.45) is 1.39. The number of benzene rings is 1. The Bertz CT molecular complexity index is 769. The minimum atomic E-state index is -0.495. The van der Waals surface area contributed by atoms with E-state index >= 15 is 0 Å². The molecule has 0 radical (unpaired) electrons. The summed E-state index contributed by atoms with van der Waals surface area (Å²) in [6, 6.07) is 6.13. The molecule has 2 heterocycles. The number of rotatable bonds is 5. The molecule has 28 heavy (non-hydrogen) atoms. The zero-order valence-electron chi connectivity index (χ0n) is 16.1. The van der Waals surface area contributed by atoms with Gasteiger partial charge in [0.2, 0.25) is 11.8 Å². The highest BCUT2D eigenvalue weighted by Gasteiger charge is 2.44. The zero-order valence-corrected chi connectivity index (χ0v) is 16.1. The van der Waals surface area contributed by atoms with Crippen molar-refractivity contribution in [2.24, 2.45) is 5.92 Å². The number of piperidine rings is 1. The number of amides is 3. The quantitative estimate of drug-likeness (QED) is 0.608. The van der Waals surface area contributed by atoms with E-state index < -0.39 is 6.04 Å². The van der Waals surface area contributed by atoms with Gasteiger partial charge in [-0.1, -0.05) is 0 Å². The summed E-state index contributed by atoms with van der Waals surface area (Å²) < 4.78 is 5.08. The third kappa shape index (κ3) is 4.22. The minimum Gasteiger partial charge on any atom is -0.466 e. The number of hydrogen-bond acceptors (Lipinski definition) is 6. The standard InChI is InChI=1S/C20H25N3O5/c1-3-28-20(27)14-8-10-22(11-9-14)17-12-18(25)23(19(17)26)16-6-4-15(5-7-16)21-13(2)24/h4-7,14,17H,3,8-12H2,1-2H3,(H,21,24). The van der Waals surface area contributed by atoms with Crippen LogP contribution in [-0.4, -0.2) is 54.3 Å². The van der Waals surface area contributed by atoms with Crippen molar-refractivity contribution < 1.29 is 23.9 Å². The molecule has 0 spiro atoms. The van der Waals surface area contributed by atoms with Crippen LogP contribution in [-0.2, 0) is 23.9 Å². The Morgan fingerprint density at radius 2 is 1.79 bits per heavy atom. The Balaban J connectivity index is 1.64. The van der Waals surface area contributed by atoms with Gasteiger partial charge in [-0.3, -0.25) is 24.1 Å². The summed E-state index contributed by atoms with van der Waals surface area (Å²) in [4.78, 5) is 51.6. The van der Waals surface area contributed by atoms with Crippen molar-refractivity contribution >= 4 is 35.1 Å². The summed E-state index contributed by atoms with van der Waals surface area (Å²) >= 11 is 0. The second kappa shape index (κ2) is 8.52. The molecular weight excluding hydrogens is 362 g/mol. The molecule has 2 saturated heterocycles. The number of nitrogens with one attached hydrogen (secondary N) is 1. The van der Waals surface area contributed by atoms with Crippen molar-refractivity contribution in [3.05, 3.63) is 24.3 Å². The molecule has 0 aliphatic carbocycles. The summed E-state index contributed by atoms with van der Waals surface area (Å²) in [5, 5.41) is 2.65. The van der Waals surface area contributed by atoms with E-state index in [1.165, 1.54) is 11.8 Å². The van der Waals surface area contributed by atoms with Gasteiger partial charge in [-0.15, -0.1) is 0 Å². The van der Waals surface area contributed by atoms with E-state index in [4.69, 9.17) is 4.74 Å². The summed E-state index contributed by atoms with van der Waals surface area (Å²) in [7, 11) is 0. The third-order valence-corrected chi connectivity index (χ3v) is 5.16. The fourth-order valence-electron chi connectivity index (χ4n) is 3.78. The first-order valence-corrected chi connectivity index (χ1v) is 9.55. The van der Waals surface area contributed by atoms with Gasteiger partial charge in [-0.05, 0) is 57.1 Å². The molecular formula is C20H25N3O5. The normalized spacial score (nSPS) is 21.1. The van der Waals surface area contributed by atoms with E-state index in [0.29, 0.717) is 43.9 Å². The van der Waals surface area contributed by atoms with Crippen LogP contribution in [0.5, 0.6) is 0 Å². The number of likely N-dealkylation sites (tertiary alicyclic amines) is 1. The Morgan fingerprint density at radius 1 is 1.14 bits per heavy atom. The average Bonchev–Trinajstić information content (AvgIpc) is 2.97. The van der Waals surface area contributed by atoms with Crippen molar-refractivity contribution in [3.63, 3.8) is 0 Å². The number of nitrogens with zero attached hydrogens (tertiary/aromatic N) is 2. The number of esters is 1. The molecule has 2 aliphatic rings. The lowest BCUT2D eigenvalue weighted by Crippen LogP contribution is -2.47. The van der Waals surface area contributed by atoms with Crippen molar-refractivity contribution in [3.8, 4) is 0 Å². The molecule has 2 fully saturated rings. The fourth-order valence-corrected chi connectivity index (χ4v) is 3.78. The number of anilines is 2. The number of hydrogen-bond donors (Lipinski definition) is 1. The van der Waals surface area contributed by atoms with Crippen LogP contribution in [0.2, 0.25) is 0 Å². The summed E-state index contributed by atoms with van der Waals surface area (Å²) in [5.74, 6) is -0.994. The summed E-state index contributed by atoms with van der Waals surface area (Å²) in [5.41, 5.74) is 1.10. The van der Waals surface area contributed by atoms with Crippen LogP contribution in [0.4, 0.5) is 11.4 Å². The highest BCUT2D eigenvalue weighted by Crippen LogP contribution is 2.29. The maximum Gasteiger partial charge on any atom is 0.309 e. The van der Waals surface area contributed by atoms with E-state index in [0.717, 1.165) is 0 Å². The molecule has 0 saturated carbocycles. The van der Waals surface area contributed by atoms with Crippen LogP contribution in [0.1, 0.15) is 33.1 Å². The Kier molecular flexibility index (Phi) is 6.08. The monoisotopic (exact) mass is 387 g/mol. The fraction of sp³-hybridized carbons (Fsp3) is 0.500. The molecule has 1 N–H and O–H groups in total. The van der Waals surface area contributed by atoms with Crippen LogP contribution in [0.25, 0.3) is 0 Å². The molecule has 1 atom stereocenters. The van der Waals surface area contributed by atoms with Gasteiger partial charge in [-0.25, -0.2) is 4.90 Å². The number of imide groups is 1. The lowest BCUT2D eigenvalue weighted by Gasteiger charge is -2.33. The highest BCUT2D eigenvalue weighted by atomic mass is 16.5. The molecule has 8 heteroatoms. The Labute approximate surface area is 163 Å². The second-order valence-corrected chi connectivity index (χ2v) is 7.08. The first-order valence-electron chi connectivity index (χ1n) is 9.55. The largest absolute Gasteiger partial charge is 0.466 e. The molecule has 2 aliphatic heterocycles. The highest BCUT2D eigenvalue weighted by molar-refractivity contribution is 6.22. The van der Waals surface area contributed by atoms with Crippen molar-refractivity contribution in [2.75, 3.05) is 29.9 Å². The third-order valence-electron chi connectivity index (χ3n) is 5.16. The molecule has 3 amide bonds.